The molecule has 0 aliphatic rings. The summed E-state index contributed by atoms with van der Waals surface area (Å²) in [6, 6.07) is 3.04. The van der Waals surface area contributed by atoms with Gasteiger partial charge in [0.2, 0.25) is 0 Å². The van der Waals surface area contributed by atoms with Crippen LogP contribution in [-0.4, -0.2) is 9.55 Å². The molecule has 110 valence electrons. The number of hydrogen-bond acceptors (Lipinski definition) is 1. The van der Waals surface area contributed by atoms with Crippen LogP contribution in [0.25, 0.3) is 11.0 Å². The number of aromatic nitrogens is 2. The van der Waals surface area contributed by atoms with Crippen molar-refractivity contribution in [2.24, 2.45) is 0 Å². The van der Waals surface area contributed by atoms with E-state index in [1.807, 2.05) is 0 Å². The van der Waals surface area contributed by atoms with E-state index in [-0.39, 0.29) is 10.6 Å². The predicted octanol–water partition coefficient (Wildman–Crippen LogP) is 5.49. The van der Waals surface area contributed by atoms with Gasteiger partial charge in [0.05, 0.1) is 21.9 Å². The van der Waals surface area contributed by atoms with Crippen molar-refractivity contribution in [3.05, 3.63) is 28.8 Å². The fourth-order valence-electron chi connectivity index (χ4n) is 2.97. The number of fused-ring (bicyclic) bond motifs is 1. The monoisotopic (exact) mass is 316 g/mol. The van der Waals surface area contributed by atoms with Gasteiger partial charge in [0, 0.05) is 11.6 Å². The number of rotatable bonds is 5. The molecule has 0 saturated carbocycles. The van der Waals surface area contributed by atoms with Crippen LogP contribution in [-0.2, 0) is 11.4 Å². The lowest BCUT2D eigenvalue weighted by Gasteiger charge is -2.34. The molecule has 0 saturated heterocycles. The molecule has 5 heteroatoms. The molecule has 1 aromatic heterocycles. The van der Waals surface area contributed by atoms with Crippen molar-refractivity contribution >= 4 is 34.2 Å². The summed E-state index contributed by atoms with van der Waals surface area (Å²) in [6.45, 7) is 6.46. The second-order valence-electron chi connectivity index (χ2n) is 5.04. The third kappa shape index (κ3) is 2.31. The van der Waals surface area contributed by atoms with Gasteiger partial charge in [-0.1, -0.05) is 32.4 Å². The van der Waals surface area contributed by atoms with Gasteiger partial charge >= 0.3 is 0 Å². The molecule has 0 unspecified atom stereocenters. The summed E-state index contributed by atoms with van der Waals surface area (Å²) in [6.07, 6.45) is 2.89. The highest BCUT2D eigenvalue weighted by atomic mass is 35.5. The number of benzene rings is 1. The van der Waals surface area contributed by atoms with Crippen molar-refractivity contribution in [1.29, 1.82) is 0 Å². The molecule has 2 nitrogen and oxygen atoms in total. The number of hydrogen-bond donors (Lipinski definition) is 0. The van der Waals surface area contributed by atoms with Crippen LogP contribution in [0.3, 0.4) is 0 Å². The van der Waals surface area contributed by atoms with Gasteiger partial charge < -0.3 is 4.57 Å². The average molecular weight is 317 g/mol. The van der Waals surface area contributed by atoms with Crippen molar-refractivity contribution in [2.75, 3.05) is 0 Å². The fraction of sp³-hybridized carbons (Fsp3) is 0.533. The van der Waals surface area contributed by atoms with E-state index in [4.69, 9.17) is 23.2 Å². The van der Waals surface area contributed by atoms with Gasteiger partial charge in [-0.25, -0.2) is 9.37 Å². The summed E-state index contributed by atoms with van der Waals surface area (Å²) in [5.41, 5.74) is 1.42. The highest BCUT2D eigenvalue weighted by Gasteiger charge is 2.30. The zero-order valence-electron chi connectivity index (χ0n) is 12.0. The maximum atomic E-state index is 13.6. The molecular formula is C15H19Cl2FN2. The molecule has 0 radical (unpaired) electrons. The molecule has 0 amide bonds. The zero-order chi connectivity index (χ0) is 14.9. The van der Waals surface area contributed by atoms with E-state index in [1.165, 1.54) is 6.07 Å². The van der Waals surface area contributed by atoms with Crippen LogP contribution < -0.4 is 0 Å². The Morgan fingerprint density at radius 2 is 1.80 bits per heavy atom. The molecule has 2 rings (SSSR count). The second kappa shape index (κ2) is 5.90. The lowest BCUT2D eigenvalue weighted by molar-refractivity contribution is 0.252. The van der Waals surface area contributed by atoms with Crippen LogP contribution in [0.5, 0.6) is 0 Å². The van der Waals surface area contributed by atoms with Crippen LogP contribution in [0, 0.1) is 5.82 Å². The SMILES string of the molecule is CCC(CC)(CC)n1c(CCl)nc2cc(F)c(Cl)cc21. The van der Waals surface area contributed by atoms with E-state index in [2.05, 4.69) is 30.3 Å². The Labute approximate surface area is 128 Å². The average Bonchev–Trinajstić information content (AvgIpc) is 2.81. The number of halogens is 3. The van der Waals surface area contributed by atoms with Crippen LogP contribution in [0.4, 0.5) is 4.39 Å². The Balaban J connectivity index is 2.82. The smallest absolute Gasteiger partial charge is 0.144 e. The van der Waals surface area contributed by atoms with E-state index in [0.717, 1.165) is 30.6 Å². The third-order valence-corrected chi connectivity index (χ3v) is 4.86. The van der Waals surface area contributed by atoms with Crippen LogP contribution >= 0.6 is 23.2 Å². The minimum atomic E-state index is -0.444. The van der Waals surface area contributed by atoms with Gasteiger partial charge in [-0.2, -0.15) is 0 Å². The van der Waals surface area contributed by atoms with Crippen LogP contribution in [0.15, 0.2) is 12.1 Å². The first-order valence-electron chi connectivity index (χ1n) is 6.95. The molecular weight excluding hydrogens is 298 g/mol. The minimum Gasteiger partial charge on any atom is -0.321 e. The molecule has 2 aromatic rings. The molecule has 0 N–H and O–H groups in total. The zero-order valence-corrected chi connectivity index (χ0v) is 13.5. The van der Waals surface area contributed by atoms with Crippen molar-refractivity contribution in [3.63, 3.8) is 0 Å². The van der Waals surface area contributed by atoms with Crippen LogP contribution in [0.1, 0.15) is 45.9 Å². The number of imidazole rings is 1. The Hall–Kier alpha value is -0.800. The molecule has 0 aliphatic heterocycles. The molecule has 1 heterocycles. The molecule has 0 atom stereocenters. The van der Waals surface area contributed by atoms with Gasteiger partial charge in [-0.3, -0.25) is 0 Å². The summed E-state index contributed by atoms with van der Waals surface area (Å²) < 4.78 is 15.8. The Morgan fingerprint density at radius 3 is 2.30 bits per heavy atom. The van der Waals surface area contributed by atoms with Gasteiger partial charge in [0.25, 0.3) is 0 Å². The number of alkyl halides is 1. The molecule has 20 heavy (non-hydrogen) atoms. The van der Waals surface area contributed by atoms with Gasteiger partial charge in [-0.05, 0) is 25.3 Å². The summed E-state index contributed by atoms with van der Waals surface area (Å²) in [5.74, 6) is 0.629. The lowest BCUT2D eigenvalue weighted by atomic mass is 9.89. The summed E-state index contributed by atoms with van der Waals surface area (Å²) in [5, 5.41) is 0.122. The summed E-state index contributed by atoms with van der Waals surface area (Å²) >= 11 is 12.0. The normalized spacial score (nSPS) is 12.3. The first-order valence-corrected chi connectivity index (χ1v) is 7.87. The van der Waals surface area contributed by atoms with Gasteiger partial charge in [0.1, 0.15) is 11.6 Å². The first-order chi connectivity index (χ1) is 9.52. The maximum Gasteiger partial charge on any atom is 0.144 e. The first kappa shape index (κ1) is 15.6. The van der Waals surface area contributed by atoms with E-state index in [1.54, 1.807) is 6.07 Å². The lowest BCUT2D eigenvalue weighted by Crippen LogP contribution is -2.32. The fourth-order valence-corrected chi connectivity index (χ4v) is 3.30. The Morgan fingerprint density at radius 1 is 1.20 bits per heavy atom. The largest absolute Gasteiger partial charge is 0.321 e. The maximum absolute atomic E-state index is 13.6. The van der Waals surface area contributed by atoms with Gasteiger partial charge in [0.15, 0.2) is 0 Å². The number of nitrogens with zero attached hydrogens (tertiary/aromatic N) is 2. The second-order valence-corrected chi connectivity index (χ2v) is 5.71. The minimum absolute atomic E-state index is 0.0554. The van der Waals surface area contributed by atoms with Crippen LogP contribution in [0.2, 0.25) is 5.02 Å². The Kier molecular flexibility index (Phi) is 4.60. The van der Waals surface area contributed by atoms with E-state index < -0.39 is 5.82 Å². The topological polar surface area (TPSA) is 17.8 Å². The Bertz CT molecular complexity index is 610. The summed E-state index contributed by atoms with van der Waals surface area (Å²) in [7, 11) is 0. The van der Waals surface area contributed by atoms with Gasteiger partial charge in [-0.15, -0.1) is 11.6 Å². The molecule has 0 fully saturated rings. The quantitative estimate of drug-likeness (QED) is 0.666. The highest BCUT2D eigenvalue weighted by Crippen LogP contribution is 2.36. The molecule has 0 aliphatic carbocycles. The highest BCUT2D eigenvalue weighted by molar-refractivity contribution is 6.31. The summed E-state index contributed by atoms with van der Waals surface area (Å²) in [4.78, 5) is 4.48. The van der Waals surface area contributed by atoms with Crippen molar-refractivity contribution in [1.82, 2.24) is 9.55 Å². The van der Waals surface area contributed by atoms with Crippen molar-refractivity contribution < 1.29 is 4.39 Å². The van der Waals surface area contributed by atoms with E-state index in [9.17, 15) is 4.39 Å². The third-order valence-electron chi connectivity index (χ3n) is 4.33. The van der Waals surface area contributed by atoms with Crippen molar-refractivity contribution in [2.45, 2.75) is 51.5 Å². The molecule has 0 bridgehead atoms. The van der Waals surface area contributed by atoms with Crippen molar-refractivity contribution in [3.8, 4) is 0 Å². The predicted molar refractivity (Wildman–Crippen MR) is 83.1 cm³/mol. The molecule has 1 aromatic carbocycles. The van der Waals surface area contributed by atoms with E-state index >= 15 is 0 Å². The molecule has 0 spiro atoms. The standard InChI is InChI=1S/C15H19Cl2FN2/c1-4-15(5-2,6-3)20-13-7-10(17)11(18)8-12(13)19-14(20)9-16/h7-8H,4-6,9H2,1-3H3. The van der Waals surface area contributed by atoms with E-state index in [0.29, 0.717) is 11.4 Å².